The predicted molar refractivity (Wildman–Crippen MR) is 70.5 cm³/mol. The van der Waals surface area contributed by atoms with Crippen molar-refractivity contribution in [3.05, 3.63) is 0 Å². The number of hydrogen-bond acceptors (Lipinski definition) is 2. The van der Waals surface area contributed by atoms with Gasteiger partial charge in [0.25, 0.3) is 0 Å². The quantitative estimate of drug-likeness (QED) is 0.748. The molecule has 2 saturated carbocycles. The zero-order chi connectivity index (χ0) is 12.5. The van der Waals surface area contributed by atoms with E-state index in [9.17, 15) is 0 Å². The lowest BCUT2D eigenvalue weighted by Crippen LogP contribution is -2.51. The zero-order valence-corrected chi connectivity index (χ0v) is 11.6. The SMILES string of the molecule is CC1CC2CC(C1)CC(C)(N(C)CCC#N)C2. The van der Waals surface area contributed by atoms with Crippen LogP contribution in [0.15, 0.2) is 0 Å². The third-order valence-corrected chi connectivity index (χ3v) is 5.08. The van der Waals surface area contributed by atoms with Gasteiger partial charge in [0, 0.05) is 18.5 Å². The molecule has 0 aliphatic heterocycles. The van der Waals surface area contributed by atoms with Crippen molar-refractivity contribution in [2.45, 2.75) is 57.9 Å². The molecule has 0 heterocycles. The number of nitrogens with zero attached hydrogens (tertiary/aromatic N) is 2. The minimum absolute atomic E-state index is 0.352. The number of rotatable bonds is 3. The van der Waals surface area contributed by atoms with Crippen LogP contribution in [-0.4, -0.2) is 24.0 Å². The van der Waals surface area contributed by atoms with Crippen molar-refractivity contribution in [3.8, 4) is 6.07 Å². The molecule has 0 saturated heterocycles. The molecule has 2 heteroatoms. The molecule has 0 aromatic carbocycles. The van der Waals surface area contributed by atoms with Gasteiger partial charge in [-0.1, -0.05) is 6.92 Å². The lowest BCUT2D eigenvalue weighted by atomic mass is 9.62. The molecule has 96 valence electrons. The predicted octanol–water partition coefficient (Wildman–Crippen LogP) is 3.44. The molecule has 2 unspecified atom stereocenters. The summed E-state index contributed by atoms with van der Waals surface area (Å²) < 4.78 is 0. The molecule has 0 amide bonds. The van der Waals surface area contributed by atoms with Gasteiger partial charge >= 0.3 is 0 Å². The van der Waals surface area contributed by atoms with Gasteiger partial charge in [-0.05, 0) is 63.8 Å². The summed E-state index contributed by atoms with van der Waals surface area (Å²) in [5, 5.41) is 8.72. The molecule has 0 N–H and O–H groups in total. The van der Waals surface area contributed by atoms with Gasteiger partial charge in [-0.2, -0.15) is 5.26 Å². The Morgan fingerprint density at radius 1 is 1.24 bits per heavy atom. The monoisotopic (exact) mass is 234 g/mol. The molecule has 0 aromatic heterocycles. The third-order valence-electron chi connectivity index (χ3n) is 5.08. The zero-order valence-electron chi connectivity index (χ0n) is 11.6. The maximum atomic E-state index is 8.72. The first-order chi connectivity index (χ1) is 8.03. The molecule has 2 fully saturated rings. The van der Waals surface area contributed by atoms with Gasteiger partial charge in [-0.25, -0.2) is 0 Å². The average Bonchev–Trinajstić information content (AvgIpc) is 2.23. The molecule has 0 radical (unpaired) electrons. The van der Waals surface area contributed by atoms with E-state index in [1.807, 2.05) is 0 Å². The fourth-order valence-electron chi connectivity index (χ4n) is 4.36. The largest absolute Gasteiger partial charge is 0.300 e. The maximum Gasteiger partial charge on any atom is 0.0635 e. The summed E-state index contributed by atoms with van der Waals surface area (Å²) >= 11 is 0. The van der Waals surface area contributed by atoms with Crippen LogP contribution >= 0.6 is 0 Å². The Morgan fingerprint density at radius 3 is 2.35 bits per heavy atom. The molecule has 2 atom stereocenters. The Labute approximate surface area is 106 Å². The normalized spacial score (nSPS) is 41.2. The molecule has 0 spiro atoms. The first kappa shape index (κ1) is 12.9. The van der Waals surface area contributed by atoms with Gasteiger partial charge < -0.3 is 0 Å². The van der Waals surface area contributed by atoms with E-state index in [0.717, 1.165) is 24.3 Å². The van der Waals surface area contributed by atoms with Gasteiger partial charge in [0.15, 0.2) is 0 Å². The number of fused-ring (bicyclic) bond motifs is 2. The van der Waals surface area contributed by atoms with Crippen LogP contribution in [0, 0.1) is 29.1 Å². The topological polar surface area (TPSA) is 27.0 Å². The molecule has 2 rings (SSSR count). The van der Waals surface area contributed by atoms with Crippen LogP contribution in [0.25, 0.3) is 0 Å². The fraction of sp³-hybridized carbons (Fsp3) is 0.933. The smallest absolute Gasteiger partial charge is 0.0635 e. The summed E-state index contributed by atoms with van der Waals surface area (Å²) in [5.74, 6) is 2.81. The maximum absolute atomic E-state index is 8.72. The highest BCUT2D eigenvalue weighted by Crippen LogP contribution is 2.48. The molecule has 2 nitrogen and oxygen atoms in total. The van der Waals surface area contributed by atoms with Crippen molar-refractivity contribution in [2.24, 2.45) is 17.8 Å². The van der Waals surface area contributed by atoms with Gasteiger partial charge in [-0.3, -0.25) is 4.90 Å². The van der Waals surface area contributed by atoms with Crippen LogP contribution < -0.4 is 0 Å². The van der Waals surface area contributed by atoms with Crippen LogP contribution in [0.4, 0.5) is 0 Å². The van der Waals surface area contributed by atoms with Crippen molar-refractivity contribution < 1.29 is 0 Å². The van der Waals surface area contributed by atoms with Gasteiger partial charge in [-0.15, -0.1) is 0 Å². The summed E-state index contributed by atoms with van der Waals surface area (Å²) in [6.07, 6.45) is 7.67. The van der Waals surface area contributed by atoms with E-state index >= 15 is 0 Å². The Morgan fingerprint density at radius 2 is 1.82 bits per heavy atom. The van der Waals surface area contributed by atoms with Crippen LogP contribution in [-0.2, 0) is 0 Å². The second-order valence-corrected chi connectivity index (χ2v) is 6.78. The van der Waals surface area contributed by atoms with Crippen LogP contribution in [0.2, 0.25) is 0 Å². The molecule has 2 bridgehead atoms. The molecule has 2 aliphatic carbocycles. The second-order valence-electron chi connectivity index (χ2n) is 6.78. The van der Waals surface area contributed by atoms with E-state index in [2.05, 4.69) is 31.9 Å². The standard InChI is InChI=1S/C15H26N2/c1-12-7-13-9-14(8-12)11-15(2,10-13)17(3)6-4-5-16/h12-14H,4,6-11H2,1-3H3. The van der Waals surface area contributed by atoms with Crippen LogP contribution in [0.3, 0.4) is 0 Å². The second kappa shape index (κ2) is 4.98. The average molecular weight is 234 g/mol. The highest BCUT2D eigenvalue weighted by molar-refractivity contribution is 4.97. The minimum Gasteiger partial charge on any atom is -0.300 e. The van der Waals surface area contributed by atoms with E-state index in [1.165, 1.54) is 32.1 Å². The first-order valence-corrected chi connectivity index (χ1v) is 7.11. The van der Waals surface area contributed by atoms with Crippen molar-refractivity contribution in [2.75, 3.05) is 13.6 Å². The lowest BCUT2D eigenvalue weighted by Gasteiger charge is -2.51. The molecular formula is C15H26N2. The van der Waals surface area contributed by atoms with E-state index in [1.54, 1.807) is 0 Å². The molecule has 0 aromatic rings. The van der Waals surface area contributed by atoms with Crippen LogP contribution in [0.5, 0.6) is 0 Å². The molecular weight excluding hydrogens is 208 g/mol. The Hall–Kier alpha value is -0.550. The minimum atomic E-state index is 0.352. The molecule has 2 aliphatic rings. The van der Waals surface area contributed by atoms with Crippen molar-refractivity contribution in [1.29, 1.82) is 5.26 Å². The summed E-state index contributed by atoms with van der Waals surface area (Å²) in [5.41, 5.74) is 0.352. The Bertz CT molecular complexity index is 287. The van der Waals surface area contributed by atoms with E-state index in [4.69, 9.17) is 5.26 Å². The summed E-state index contributed by atoms with van der Waals surface area (Å²) in [7, 11) is 2.21. The highest BCUT2D eigenvalue weighted by Gasteiger charge is 2.42. The number of nitriles is 1. The summed E-state index contributed by atoms with van der Waals surface area (Å²) in [6.45, 7) is 5.77. The Balaban J connectivity index is 2.00. The van der Waals surface area contributed by atoms with Crippen LogP contribution in [0.1, 0.15) is 52.4 Å². The highest BCUT2D eigenvalue weighted by atomic mass is 15.2. The van der Waals surface area contributed by atoms with Gasteiger partial charge in [0.1, 0.15) is 0 Å². The fourth-order valence-corrected chi connectivity index (χ4v) is 4.36. The Kier molecular flexibility index (Phi) is 3.78. The van der Waals surface area contributed by atoms with Gasteiger partial charge in [0.05, 0.1) is 6.07 Å². The van der Waals surface area contributed by atoms with Gasteiger partial charge in [0.2, 0.25) is 0 Å². The van der Waals surface area contributed by atoms with Crippen molar-refractivity contribution in [3.63, 3.8) is 0 Å². The lowest BCUT2D eigenvalue weighted by molar-refractivity contribution is 0.00513. The summed E-state index contributed by atoms with van der Waals surface area (Å²) in [4.78, 5) is 2.45. The third kappa shape index (κ3) is 2.83. The van der Waals surface area contributed by atoms with Crippen molar-refractivity contribution in [1.82, 2.24) is 4.90 Å². The van der Waals surface area contributed by atoms with Crippen molar-refractivity contribution >= 4 is 0 Å². The number of hydrogen-bond donors (Lipinski definition) is 0. The van der Waals surface area contributed by atoms with E-state index in [-0.39, 0.29) is 0 Å². The van der Waals surface area contributed by atoms with E-state index in [0.29, 0.717) is 12.0 Å². The first-order valence-electron chi connectivity index (χ1n) is 7.11. The summed E-state index contributed by atoms with van der Waals surface area (Å²) in [6, 6.07) is 2.27. The molecule has 17 heavy (non-hydrogen) atoms. The van der Waals surface area contributed by atoms with E-state index < -0.39 is 0 Å².